The van der Waals surface area contributed by atoms with Gasteiger partial charge in [-0.15, -0.1) is 0 Å². The third-order valence-electron chi connectivity index (χ3n) is 2.94. The van der Waals surface area contributed by atoms with Crippen LogP contribution in [0.25, 0.3) is 22.4 Å². The van der Waals surface area contributed by atoms with Gasteiger partial charge in [0, 0.05) is 23.1 Å². The van der Waals surface area contributed by atoms with Crippen molar-refractivity contribution in [1.29, 1.82) is 0 Å². The van der Waals surface area contributed by atoms with Crippen molar-refractivity contribution in [2.75, 3.05) is 13.2 Å². The molecule has 0 spiro atoms. The van der Waals surface area contributed by atoms with Crippen molar-refractivity contribution in [3.05, 3.63) is 29.0 Å². The molecule has 1 aliphatic heterocycles. The zero-order chi connectivity index (χ0) is 11.9. The summed E-state index contributed by atoms with van der Waals surface area (Å²) in [5.41, 5.74) is 2.98. The minimum atomic E-state index is 0.598. The lowest BCUT2D eigenvalue weighted by molar-refractivity contribution is 0.172. The second kappa shape index (κ2) is 3.74. The van der Waals surface area contributed by atoms with Crippen molar-refractivity contribution in [1.82, 2.24) is 9.97 Å². The third-order valence-corrected chi connectivity index (χ3v) is 3.62. The van der Waals surface area contributed by atoms with Gasteiger partial charge < -0.3 is 14.5 Å². The van der Waals surface area contributed by atoms with Crippen LogP contribution in [0.4, 0.5) is 0 Å². The zero-order valence-corrected chi connectivity index (χ0v) is 10.3. The van der Waals surface area contributed by atoms with Crippen molar-refractivity contribution in [2.24, 2.45) is 0 Å². The summed E-state index contributed by atoms with van der Waals surface area (Å²) in [5, 5.41) is 4.12. The molecule has 18 heavy (non-hydrogen) atoms. The predicted molar refractivity (Wildman–Crippen MR) is 70.4 cm³/mol. The lowest BCUT2D eigenvalue weighted by atomic mass is 10.2. The van der Waals surface area contributed by atoms with Crippen LogP contribution in [0.2, 0.25) is 0 Å². The Labute approximate surface area is 107 Å². The maximum absolute atomic E-state index is 5.56. The van der Waals surface area contributed by atoms with Crippen molar-refractivity contribution in [3.63, 3.8) is 0 Å². The Morgan fingerprint density at radius 2 is 2.00 bits per heavy atom. The molecule has 0 unspecified atom stereocenters. The van der Waals surface area contributed by atoms with Crippen LogP contribution < -0.4 is 9.47 Å². The van der Waals surface area contributed by atoms with Gasteiger partial charge in [-0.2, -0.15) is 11.3 Å². The number of fused-ring (bicyclic) bond motifs is 2. The summed E-state index contributed by atoms with van der Waals surface area (Å²) in [6.45, 7) is 1.20. The van der Waals surface area contributed by atoms with Crippen molar-refractivity contribution < 1.29 is 9.47 Å². The molecule has 0 saturated heterocycles. The Morgan fingerprint density at radius 3 is 2.78 bits per heavy atom. The summed E-state index contributed by atoms with van der Waals surface area (Å²) in [7, 11) is 0. The highest BCUT2D eigenvalue weighted by Gasteiger charge is 2.15. The summed E-state index contributed by atoms with van der Waals surface area (Å²) < 4.78 is 11.1. The number of benzene rings is 1. The molecule has 1 N–H and O–H groups in total. The Kier molecular flexibility index (Phi) is 2.07. The highest BCUT2D eigenvalue weighted by atomic mass is 32.1. The van der Waals surface area contributed by atoms with Crippen LogP contribution in [-0.4, -0.2) is 23.2 Å². The molecule has 0 bridgehead atoms. The van der Waals surface area contributed by atoms with Crippen molar-refractivity contribution in [3.8, 4) is 22.9 Å². The summed E-state index contributed by atoms with van der Waals surface area (Å²) in [4.78, 5) is 7.89. The normalized spacial score (nSPS) is 14.0. The number of hydrogen-bond donors (Lipinski definition) is 1. The van der Waals surface area contributed by atoms with Gasteiger partial charge in [0.15, 0.2) is 11.5 Å². The van der Waals surface area contributed by atoms with Gasteiger partial charge in [0.05, 0.1) is 11.0 Å². The molecular weight excluding hydrogens is 248 g/mol. The van der Waals surface area contributed by atoms with E-state index in [0.717, 1.165) is 33.9 Å². The van der Waals surface area contributed by atoms with Crippen LogP contribution in [0.15, 0.2) is 29.0 Å². The smallest absolute Gasteiger partial charge is 0.163 e. The number of nitrogens with one attached hydrogen (secondary N) is 1. The molecule has 2 aromatic heterocycles. The molecule has 3 aromatic rings. The minimum Gasteiger partial charge on any atom is -0.486 e. The van der Waals surface area contributed by atoms with Crippen LogP contribution >= 0.6 is 11.3 Å². The average Bonchev–Trinajstić information content (AvgIpc) is 3.04. The Balaban J connectivity index is 1.90. The molecule has 5 heteroatoms. The van der Waals surface area contributed by atoms with Crippen LogP contribution in [0.3, 0.4) is 0 Å². The molecule has 1 aliphatic rings. The lowest BCUT2D eigenvalue weighted by Crippen LogP contribution is -2.15. The average molecular weight is 258 g/mol. The van der Waals surface area contributed by atoms with E-state index >= 15 is 0 Å². The number of imidazole rings is 1. The fourth-order valence-electron chi connectivity index (χ4n) is 2.08. The Bertz CT molecular complexity index is 660. The number of aromatic nitrogens is 2. The maximum Gasteiger partial charge on any atom is 0.163 e. The quantitative estimate of drug-likeness (QED) is 0.729. The van der Waals surface area contributed by atoms with Crippen LogP contribution in [-0.2, 0) is 0 Å². The summed E-state index contributed by atoms with van der Waals surface area (Å²) in [5.74, 6) is 2.44. The van der Waals surface area contributed by atoms with E-state index in [4.69, 9.17) is 9.47 Å². The molecule has 0 fully saturated rings. The summed E-state index contributed by atoms with van der Waals surface area (Å²) in [6, 6.07) is 5.93. The first-order chi connectivity index (χ1) is 8.90. The topological polar surface area (TPSA) is 47.1 Å². The molecule has 0 radical (unpaired) electrons. The van der Waals surface area contributed by atoms with E-state index in [1.165, 1.54) is 0 Å². The van der Waals surface area contributed by atoms with Crippen LogP contribution in [0, 0.1) is 0 Å². The number of nitrogens with zero attached hydrogens (tertiary/aromatic N) is 1. The molecule has 1 aromatic carbocycles. The van der Waals surface area contributed by atoms with Gasteiger partial charge >= 0.3 is 0 Å². The molecule has 0 saturated carbocycles. The van der Waals surface area contributed by atoms with Gasteiger partial charge in [0.2, 0.25) is 0 Å². The van der Waals surface area contributed by atoms with Crippen molar-refractivity contribution in [2.45, 2.75) is 0 Å². The highest BCUT2D eigenvalue weighted by Crippen LogP contribution is 2.34. The molecule has 90 valence electrons. The van der Waals surface area contributed by atoms with E-state index in [1.54, 1.807) is 11.3 Å². The number of thiophene rings is 1. The molecular formula is C13H10N2O2S. The van der Waals surface area contributed by atoms with Crippen molar-refractivity contribution >= 4 is 22.4 Å². The molecule has 0 aliphatic carbocycles. The van der Waals surface area contributed by atoms with Gasteiger partial charge in [0.1, 0.15) is 19.0 Å². The van der Waals surface area contributed by atoms with E-state index in [2.05, 4.69) is 21.4 Å². The third kappa shape index (κ3) is 1.48. The van der Waals surface area contributed by atoms with Crippen LogP contribution in [0.5, 0.6) is 11.5 Å². The minimum absolute atomic E-state index is 0.598. The number of hydrogen-bond acceptors (Lipinski definition) is 4. The monoisotopic (exact) mass is 258 g/mol. The summed E-state index contributed by atoms with van der Waals surface area (Å²) in [6.07, 6.45) is 0. The number of aromatic amines is 1. The Hall–Kier alpha value is -2.01. The van der Waals surface area contributed by atoms with E-state index in [0.29, 0.717) is 13.2 Å². The van der Waals surface area contributed by atoms with Gasteiger partial charge in [-0.1, -0.05) is 0 Å². The largest absolute Gasteiger partial charge is 0.486 e. The molecule has 4 rings (SSSR count). The second-order valence-electron chi connectivity index (χ2n) is 4.11. The standard InChI is InChI=1S/C13H10N2O2S/c1-4-18-7-8(1)13-14-9-5-11-12(6-10(9)15-13)17-3-2-16-11/h1,4-7H,2-3H2,(H,14,15). The predicted octanol–water partition coefficient (Wildman–Crippen LogP) is 3.06. The number of rotatable bonds is 1. The molecule has 0 amide bonds. The highest BCUT2D eigenvalue weighted by molar-refractivity contribution is 7.08. The SMILES string of the molecule is c1cc(-c2nc3cc4c(cc3[nH]2)OCCO4)cs1. The fourth-order valence-corrected chi connectivity index (χ4v) is 2.72. The van der Waals surface area contributed by atoms with Gasteiger partial charge in [-0.25, -0.2) is 4.98 Å². The van der Waals surface area contributed by atoms with E-state index in [9.17, 15) is 0 Å². The van der Waals surface area contributed by atoms with E-state index in [1.807, 2.05) is 17.5 Å². The zero-order valence-electron chi connectivity index (χ0n) is 9.47. The summed E-state index contributed by atoms with van der Waals surface area (Å²) >= 11 is 1.66. The van der Waals surface area contributed by atoms with E-state index in [-0.39, 0.29) is 0 Å². The van der Waals surface area contributed by atoms with Gasteiger partial charge in [-0.3, -0.25) is 0 Å². The maximum atomic E-state index is 5.56. The first-order valence-corrected chi connectivity index (χ1v) is 6.66. The first-order valence-electron chi connectivity index (χ1n) is 5.72. The second-order valence-corrected chi connectivity index (χ2v) is 4.89. The molecule has 4 nitrogen and oxygen atoms in total. The van der Waals surface area contributed by atoms with Gasteiger partial charge in [0.25, 0.3) is 0 Å². The Morgan fingerprint density at radius 1 is 1.17 bits per heavy atom. The number of H-pyrrole nitrogens is 1. The van der Waals surface area contributed by atoms with E-state index < -0.39 is 0 Å². The lowest BCUT2D eigenvalue weighted by Gasteiger charge is -2.17. The molecule has 3 heterocycles. The first kappa shape index (κ1) is 9.96. The molecule has 0 atom stereocenters. The fraction of sp³-hybridized carbons (Fsp3) is 0.154. The number of ether oxygens (including phenoxy) is 2. The van der Waals surface area contributed by atoms with Crippen LogP contribution in [0.1, 0.15) is 0 Å². The van der Waals surface area contributed by atoms with Gasteiger partial charge in [-0.05, 0) is 11.4 Å².